The van der Waals surface area contributed by atoms with Gasteiger partial charge in [-0.3, -0.25) is 10.1 Å². The molecule has 9 heteroatoms. The third-order valence-electron chi connectivity index (χ3n) is 4.40. The fraction of sp³-hybridized carbons (Fsp3) is 0.278. The van der Waals surface area contributed by atoms with Gasteiger partial charge in [-0.05, 0) is 42.5 Å². The minimum absolute atomic E-state index is 0.0279. The lowest BCUT2D eigenvalue weighted by molar-refractivity contribution is -0.384. The van der Waals surface area contributed by atoms with E-state index in [-0.39, 0.29) is 5.69 Å². The Labute approximate surface area is 167 Å². The average molecular weight is 407 g/mol. The van der Waals surface area contributed by atoms with Gasteiger partial charge in [0.2, 0.25) is 0 Å². The summed E-state index contributed by atoms with van der Waals surface area (Å²) in [5.41, 5.74) is 1.71. The summed E-state index contributed by atoms with van der Waals surface area (Å²) in [7, 11) is 1.47. The maximum atomic E-state index is 10.9. The van der Waals surface area contributed by atoms with Gasteiger partial charge in [-0.2, -0.15) is 0 Å². The number of non-ortho nitro benzene ring substituents is 1. The fourth-order valence-corrected chi connectivity index (χ4v) is 3.33. The number of hydrogen-bond donors (Lipinski definition) is 1. The highest BCUT2D eigenvalue weighted by Crippen LogP contribution is 2.29. The van der Waals surface area contributed by atoms with Crippen LogP contribution in [-0.2, 0) is 0 Å². The second-order valence-electron chi connectivity index (χ2n) is 6.02. The van der Waals surface area contributed by atoms with E-state index in [4.69, 9.17) is 28.6 Å². The minimum Gasteiger partial charge on any atom is -0.494 e. The molecule has 1 aliphatic rings. The Balaban J connectivity index is 1.61. The molecule has 1 heterocycles. The number of methoxy groups -OCH3 is 1. The summed E-state index contributed by atoms with van der Waals surface area (Å²) in [6.07, 6.45) is 0. The molecular weight excluding hydrogens is 388 g/mol. The van der Waals surface area contributed by atoms with Crippen molar-refractivity contribution in [3.05, 3.63) is 57.6 Å². The molecule has 0 aliphatic carbocycles. The predicted octanol–water partition coefficient (Wildman–Crippen LogP) is 3.78. The first-order valence-corrected chi connectivity index (χ1v) is 9.15. The Morgan fingerprint density at radius 1 is 1.19 bits per heavy atom. The number of thiocarbonyl (C=S) groups is 1. The third-order valence-corrected chi connectivity index (χ3v) is 5.01. The Morgan fingerprint density at radius 3 is 2.44 bits per heavy atom. The second-order valence-corrected chi connectivity index (χ2v) is 6.85. The maximum Gasteiger partial charge on any atom is 0.273 e. The number of halogens is 1. The molecule has 0 amide bonds. The molecule has 1 aliphatic heterocycles. The van der Waals surface area contributed by atoms with E-state index in [1.807, 2.05) is 24.3 Å². The van der Waals surface area contributed by atoms with Crippen molar-refractivity contribution in [2.45, 2.75) is 0 Å². The number of piperazine rings is 1. The van der Waals surface area contributed by atoms with E-state index in [9.17, 15) is 10.1 Å². The lowest BCUT2D eigenvalue weighted by Gasteiger charge is -2.37. The zero-order valence-electron chi connectivity index (χ0n) is 14.7. The molecule has 7 nitrogen and oxygen atoms in total. The van der Waals surface area contributed by atoms with Crippen molar-refractivity contribution in [3.63, 3.8) is 0 Å². The van der Waals surface area contributed by atoms with Gasteiger partial charge in [0, 0.05) is 43.0 Å². The summed E-state index contributed by atoms with van der Waals surface area (Å²) >= 11 is 11.5. The molecule has 1 fully saturated rings. The van der Waals surface area contributed by atoms with Gasteiger partial charge in [0.25, 0.3) is 5.69 Å². The van der Waals surface area contributed by atoms with Crippen LogP contribution < -0.4 is 15.0 Å². The number of benzene rings is 2. The normalized spacial score (nSPS) is 14.0. The van der Waals surface area contributed by atoms with Crippen LogP contribution in [-0.4, -0.2) is 48.2 Å². The van der Waals surface area contributed by atoms with Gasteiger partial charge in [-0.15, -0.1) is 0 Å². The first-order chi connectivity index (χ1) is 13.0. The summed E-state index contributed by atoms with van der Waals surface area (Å²) in [6, 6.07) is 12.2. The van der Waals surface area contributed by atoms with Crippen LogP contribution in [0.1, 0.15) is 0 Å². The monoisotopic (exact) mass is 406 g/mol. The molecule has 0 saturated carbocycles. The molecule has 2 aromatic rings. The first kappa shape index (κ1) is 19.2. The van der Waals surface area contributed by atoms with Crippen LogP contribution in [0.25, 0.3) is 0 Å². The molecule has 142 valence electrons. The van der Waals surface area contributed by atoms with E-state index in [0.717, 1.165) is 36.9 Å². The van der Waals surface area contributed by atoms with E-state index < -0.39 is 4.92 Å². The fourth-order valence-electron chi connectivity index (χ4n) is 2.91. The van der Waals surface area contributed by atoms with Crippen LogP contribution in [0.15, 0.2) is 42.5 Å². The van der Waals surface area contributed by atoms with Crippen molar-refractivity contribution in [1.82, 2.24) is 4.90 Å². The molecular formula is C18H19ClN4O3S. The lowest BCUT2D eigenvalue weighted by atomic mass is 10.2. The number of nitrogens with zero attached hydrogens (tertiary/aromatic N) is 3. The molecule has 1 N–H and O–H groups in total. The largest absolute Gasteiger partial charge is 0.494 e. The Kier molecular flexibility index (Phi) is 5.98. The topological polar surface area (TPSA) is 70.9 Å². The Morgan fingerprint density at radius 2 is 1.85 bits per heavy atom. The number of anilines is 2. The molecule has 2 aromatic carbocycles. The maximum absolute atomic E-state index is 10.9. The first-order valence-electron chi connectivity index (χ1n) is 8.37. The van der Waals surface area contributed by atoms with E-state index in [1.54, 1.807) is 6.07 Å². The SMILES string of the molecule is COc1cc([N+](=O)[O-])ccc1NC(=S)N1CCN(c2ccc(Cl)cc2)CC1. The van der Waals surface area contributed by atoms with Crippen LogP contribution in [0.4, 0.5) is 17.1 Å². The van der Waals surface area contributed by atoms with E-state index in [2.05, 4.69) is 15.1 Å². The number of hydrogen-bond acceptors (Lipinski definition) is 5. The van der Waals surface area contributed by atoms with E-state index in [1.165, 1.54) is 19.2 Å². The Hall–Kier alpha value is -2.58. The number of ether oxygens (including phenoxy) is 1. The van der Waals surface area contributed by atoms with Gasteiger partial charge >= 0.3 is 0 Å². The third kappa shape index (κ3) is 4.58. The summed E-state index contributed by atoms with van der Waals surface area (Å²) in [5.74, 6) is 0.381. The molecule has 0 aromatic heterocycles. The summed E-state index contributed by atoms with van der Waals surface area (Å²) in [4.78, 5) is 14.8. The second kappa shape index (κ2) is 8.41. The van der Waals surface area contributed by atoms with Crippen molar-refractivity contribution in [2.75, 3.05) is 43.5 Å². The lowest BCUT2D eigenvalue weighted by Crippen LogP contribution is -2.50. The highest BCUT2D eigenvalue weighted by Gasteiger charge is 2.20. The summed E-state index contributed by atoms with van der Waals surface area (Å²) in [5, 5.41) is 15.3. The van der Waals surface area contributed by atoms with Crippen LogP contribution in [0, 0.1) is 10.1 Å². The quantitative estimate of drug-likeness (QED) is 0.470. The van der Waals surface area contributed by atoms with Crippen LogP contribution >= 0.6 is 23.8 Å². The van der Waals surface area contributed by atoms with Crippen LogP contribution in [0.2, 0.25) is 5.02 Å². The van der Waals surface area contributed by atoms with Gasteiger partial charge in [-0.25, -0.2) is 0 Å². The zero-order chi connectivity index (χ0) is 19.4. The molecule has 0 spiro atoms. The van der Waals surface area contributed by atoms with Gasteiger partial charge < -0.3 is 19.9 Å². The summed E-state index contributed by atoms with van der Waals surface area (Å²) in [6.45, 7) is 3.20. The standard InChI is InChI=1S/C18H19ClN4O3S/c1-26-17-12-15(23(24)25)6-7-16(17)20-18(27)22-10-8-21(9-11-22)14-4-2-13(19)3-5-14/h2-7,12H,8-11H2,1H3,(H,20,27). The predicted molar refractivity (Wildman–Crippen MR) is 111 cm³/mol. The minimum atomic E-state index is -0.458. The van der Waals surface area contributed by atoms with E-state index in [0.29, 0.717) is 16.5 Å². The number of nitro groups is 1. The van der Waals surface area contributed by atoms with Crippen molar-refractivity contribution in [2.24, 2.45) is 0 Å². The average Bonchev–Trinajstić information content (AvgIpc) is 2.68. The molecule has 3 rings (SSSR count). The smallest absolute Gasteiger partial charge is 0.273 e. The Bertz CT molecular complexity index is 839. The molecule has 1 saturated heterocycles. The summed E-state index contributed by atoms with van der Waals surface area (Å²) < 4.78 is 5.24. The van der Waals surface area contributed by atoms with Gasteiger partial charge in [0.05, 0.1) is 23.8 Å². The highest BCUT2D eigenvalue weighted by molar-refractivity contribution is 7.80. The van der Waals surface area contributed by atoms with Crippen LogP contribution in [0.5, 0.6) is 5.75 Å². The molecule has 0 bridgehead atoms. The molecule has 0 radical (unpaired) electrons. The number of nitro benzene ring substituents is 1. The number of nitrogens with one attached hydrogen (secondary N) is 1. The molecule has 27 heavy (non-hydrogen) atoms. The molecule has 0 atom stereocenters. The van der Waals surface area contributed by atoms with Crippen molar-refractivity contribution in [3.8, 4) is 5.75 Å². The highest BCUT2D eigenvalue weighted by atomic mass is 35.5. The van der Waals surface area contributed by atoms with Gasteiger partial charge in [0.1, 0.15) is 5.75 Å². The van der Waals surface area contributed by atoms with Crippen molar-refractivity contribution >= 4 is 46.0 Å². The van der Waals surface area contributed by atoms with Crippen molar-refractivity contribution in [1.29, 1.82) is 0 Å². The van der Waals surface area contributed by atoms with Crippen LogP contribution in [0.3, 0.4) is 0 Å². The zero-order valence-corrected chi connectivity index (χ0v) is 16.3. The van der Waals surface area contributed by atoms with Gasteiger partial charge in [-0.1, -0.05) is 11.6 Å². The number of rotatable bonds is 4. The van der Waals surface area contributed by atoms with E-state index >= 15 is 0 Å². The molecule has 0 unspecified atom stereocenters. The van der Waals surface area contributed by atoms with Gasteiger partial charge in [0.15, 0.2) is 5.11 Å². The van der Waals surface area contributed by atoms with Crippen molar-refractivity contribution < 1.29 is 9.66 Å².